The van der Waals surface area contributed by atoms with Crippen molar-refractivity contribution in [1.82, 2.24) is 29.7 Å². The van der Waals surface area contributed by atoms with Crippen LogP contribution in [0, 0.1) is 12.7 Å². The van der Waals surface area contributed by atoms with E-state index in [1.165, 1.54) is 18.5 Å². The maximum absolute atomic E-state index is 14.1. The van der Waals surface area contributed by atoms with E-state index in [-0.39, 0.29) is 24.6 Å². The molecule has 278 valence electrons. The molecule has 0 spiro atoms. The molecule has 3 aromatic carbocycles. The second-order valence-corrected chi connectivity index (χ2v) is 13.3. The van der Waals surface area contributed by atoms with Crippen LogP contribution >= 0.6 is 11.6 Å². The number of hydrogen-bond acceptors (Lipinski definition) is 11. The summed E-state index contributed by atoms with van der Waals surface area (Å²) in [7, 11) is 2.12. The quantitative estimate of drug-likeness (QED) is 0.126. The van der Waals surface area contributed by atoms with E-state index in [2.05, 4.69) is 36.8 Å². The molecule has 1 atom stereocenters. The monoisotopic (exact) mass is 752 g/mol. The zero-order valence-corrected chi connectivity index (χ0v) is 30.5. The number of hydrogen-bond donors (Lipinski definition) is 1. The van der Waals surface area contributed by atoms with E-state index in [9.17, 15) is 14.3 Å². The molecule has 1 N–H and O–H groups in total. The maximum Gasteiger partial charge on any atom is 0.345 e. The number of piperazine rings is 1. The molecule has 0 saturated carbocycles. The molecule has 0 aliphatic carbocycles. The third-order valence-electron chi connectivity index (χ3n) is 9.34. The number of carboxylic acids is 1. The molecular formula is C40H38ClFN6O6. The first-order valence-corrected chi connectivity index (χ1v) is 17.8. The number of likely N-dealkylation sites (N-methyl/N-ethyl adjacent to an activating group) is 1. The van der Waals surface area contributed by atoms with E-state index in [4.69, 9.17) is 30.2 Å². The Labute approximate surface area is 316 Å². The van der Waals surface area contributed by atoms with Gasteiger partial charge in [0.1, 0.15) is 48.0 Å². The molecular weight excluding hydrogens is 715 g/mol. The summed E-state index contributed by atoms with van der Waals surface area (Å²) in [6, 6.07) is 16.6. The first-order chi connectivity index (χ1) is 26.2. The molecule has 1 saturated heterocycles. The Balaban J connectivity index is 1.22. The third-order valence-corrected chi connectivity index (χ3v) is 9.81. The number of aromatic nitrogens is 4. The lowest BCUT2D eigenvalue weighted by molar-refractivity contribution is -0.145. The highest BCUT2D eigenvalue weighted by Crippen LogP contribution is 2.47. The average molecular weight is 753 g/mol. The molecule has 4 heterocycles. The van der Waals surface area contributed by atoms with Crippen LogP contribution in [0.25, 0.3) is 33.6 Å². The number of nitrogens with zero attached hydrogens (tertiary/aromatic N) is 6. The first kappa shape index (κ1) is 36.7. The summed E-state index contributed by atoms with van der Waals surface area (Å²) < 4.78 is 38.8. The number of aliphatic carboxylic acids is 1. The Morgan fingerprint density at radius 3 is 2.54 bits per heavy atom. The van der Waals surface area contributed by atoms with Crippen LogP contribution in [0.3, 0.4) is 0 Å². The zero-order chi connectivity index (χ0) is 37.6. The van der Waals surface area contributed by atoms with Gasteiger partial charge < -0.3 is 28.6 Å². The number of furan rings is 1. The molecule has 1 unspecified atom stereocenters. The van der Waals surface area contributed by atoms with Crippen molar-refractivity contribution in [3.63, 3.8) is 0 Å². The van der Waals surface area contributed by atoms with E-state index in [1.807, 2.05) is 13.0 Å². The van der Waals surface area contributed by atoms with E-state index in [0.29, 0.717) is 67.8 Å². The minimum Gasteiger partial charge on any atom is -0.491 e. The SMILES string of the molecule is Cc1c(-c2c(-c3ccc(F)cc3)oc3ncnc(OC(Cc4ccccc4OCc4cnccn4)C(=O)O)c23)ccc(OCCN2CCN(C)CC2)c1Cl. The summed E-state index contributed by atoms with van der Waals surface area (Å²) in [6.07, 6.45) is 4.54. The van der Waals surface area contributed by atoms with Crippen molar-refractivity contribution < 1.29 is 32.9 Å². The average Bonchev–Trinajstić information content (AvgIpc) is 3.57. The van der Waals surface area contributed by atoms with Crippen LogP contribution in [0.1, 0.15) is 16.8 Å². The van der Waals surface area contributed by atoms with Crippen LogP contribution in [0.15, 0.2) is 90.0 Å². The Kier molecular flexibility index (Phi) is 11.3. The third kappa shape index (κ3) is 8.28. The highest BCUT2D eigenvalue weighted by atomic mass is 35.5. The fraction of sp³-hybridized carbons (Fsp3) is 0.275. The van der Waals surface area contributed by atoms with Gasteiger partial charge in [0.05, 0.1) is 16.9 Å². The van der Waals surface area contributed by atoms with Crippen LogP contribution in [-0.2, 0) is 17.8 Å². The molecule has 0 amide bonds. The predicted octanol–water partition coefficient (Wildman–Crippen LogP) is 6.73. The lowest BCUT2D eigenvalue weighted by Crippen LogP contribution is -2.45. The van der Waals surface area contributed by atoms with Crippen molar-refractivity contribution in [2.24, 2.45) is 0 Å². The van der Waals surface area contributed by atoms with E-state index >= 15 is 0 Å². The van der Waals surface area contributed by atoms with Crippen molar-refractivity contribution in [2.45, 2.75) is 26.1 Å². The largest absolute Gasteiger partial charge is 0.491 e. The van der Waals surface area contributed by atoms with E-state index < -0.39 is 17.9 Å². The molecule has 3 aromatic heterocycles. The van der Waals surface area contributed by atoms with Gasteiger partial charge in [-0.15, -0.1) is 0 Å². The molecule has 0 radical (unpaired) electrons. The fourth-order valence-electron chi connectivity index (χ4n) is 6.34. The summed E-state index contributed by atoms with van der Waals surface area (Å²) in [4.78, 5) is 34.5. The highest BCUT2D eigenvalue weighted by molar-refractivity contribution is 6.33. The van der Waals surface area contributed by atoms with Gasteiger partial charge in [0, 0.05) is 62.7 Å². The number of benzene rings is 3. The number of carbonyl (C=O) groups is 1. The summed E-state index contributed by atoms with van der Waals surface area (Å²) in [5, 5.41) is 11.2. The molecule has 6 aromatic rings. The fourth-order valence-corrected chi connectivity index (χ4v) is 6.56. The number of carboxylic acid groups (broad SMARTS) is 1. The van der Waals surface area contributed by atoms with Crippen molar-refractivity contribution >= 4 is 28.7 Å². The number of rotatable bonds is 14. The van der Waals surface area contributed by atoms with Crippen molar-refractivity contribution in [2.75, 3.05) is 46.4 Å². The van der Waals surface area contributed by atoms with Crippen LogP contribution < -0.4 is 14.2 Å². The molecule has 54 heavy (non-hydrogen) atoms. The number of halogens is 2. The standard InChI is InChI=1S/C40H38ClFN6O6/c1-25-30(11-12-32(36(25)41)51-20-19-48-17-15-47(2)16-18-48)34-35-38(45-24-46-39(35)54-37(34)26-7-9-28(42)10-8-26)53-33(40(49)50)21-27-5-3-4-6-31(27)52-23-29-22-43-13-14-44-29/h3-14,22,24,33H,15-21,23H2,1-2H3,(H,49,50). The van der Waals surface area contributed by atoms with Gasteiger partial charge in [0.25, 0.3) is 0 Å². The van der Waals surface area contributed by atoms with Crippen molar-refractivity contribution in [3.05, 3.63) is 113 Å². The highest BCUT2D eigenvalue weighted by Gasteiger charge is 2.29. The molecule has 1 aliphatic heterocycles. The summed E-state index contributed by atoms with van der Waals surface area (Å²) in [5.41, 5.74) is 3.76. The minimum absolute atomic E-state index is 0.0134. The van der Waals surface area contributed by atoms with Crippen LogP contribution in [-0.4, -0.2) is 93.3 Å². The van der Waals surface area contributed by atoms with Gasteiger partial charge in [0.15, 0.2) is 0 Å². The second kappa shape index (κ2) is 16.6. The number of para-hydroxylation sites is 1. The van der Waals surface area contributed by atoms with Crippen LogP contribution in [0.2, 0.25) is 5.02 Å². The van der Waals surface area contributed by atoms with Crippen molar-refractivity contribution in [1.29, 1.82) is 0 Å². The van der Waals surface area contributed by atoms with Gasteiger partial charge >= 0.3 is 5.97 Å². The maximum atomic E-state index is 14.1. The van der Waals surface area contributed by atoms with Crippen LogP contribution in [0.4, 0.5) is 4.39 Å². The molecule has 7 rings (SSSR count). The normalized spacial score (nSPS) is 14.2. The Morgan fingerprint density at radius 1 is 0.981 bits per heavy atom. The van der Waals surface area contributed by atoms with Gasteiger partial charge in [-0.2, -0.15) is 0 Å². The Morgan fingerprint density at radius 2 is 1.78 bits per heavy atom. The lowest BCUT2D eigenvalue weighted by Gasteiger charge is -2.32. The number of fused-ring (bicyclic) bond motifs is 1. The summed E-state index contributed by atoms with van der Waals surface area (Å²) in [6.45, 7) is 7.22. The molecule has 1 fully saturated rings. The van der Waals surface area contributed by atoms with Crippen LogP contribution in [0.5, 0.6) is 17.4 Å². The van der Waals surface area contributed by atoms with Gasteiger partial charge in [-0.3, -0.25) is 14.9 Å². The minimum atomic E-state index is -1.39. The smallest absolute Gasteiger partial charge is 0.345 e. The summed E-state index contributed by atoms with van der Waals surface area (Å²) >= 11 is 6.98. The Bertz CT molecular complexity index is 2230. The Hall–Kier alpha value is -5.63. The van der Waals surface area contributed by atoms with Gasteiger partial charge in [0.2, 0.25) is 17.7 Å². The second-order valence-electron chi connectivity index (χ2n) is 13.0. The molecule has 0 bridgehead atoms. The lowest BCUT2D eigenvalue weighted by atomic mass is 9.95. The molecule has 14 heteroatoms. The summed E-state index contributed by atoms with van der Waals surface area (Å²) in [5.74, 6) is -0.283. The van der Waals surface area contributed by atoms with Crippen molar-refractivity contribution in [3.8, 4) is 39.8 Å². The van der Waals surface area contributed by atoms with E-state index in [1.54, 1.807) is 61.1 Å². The van der Waals surface area contributed by atoms with Gasteiger partial charge in [-0.05, 0) is 67.1 Å². The van der Waals surface area contributed by atoms with E-state index in [0.717, 1.165) is 32.7 Å². The zero-order valence-electron chi connectivity index (χ0n) is 29.7. The number of ether oxygens (including phenoxy) is 3. The first-order valence-electron chi connectivity index (χ1n) is 17.5. The molecule has 12 nitrogen and oxygen atoms in total. The molecule has 1 aliphatic rings. The predicted molar refractivity (Wildman–Crippen MR) is 200 cm³/mol. The van der Waals surface area contributed by atoms with Gasteiger partial charge in [-0.25, -0.2) is 19.2 Å². The van der Waals surface area contributed by atoms with Gasteiger partial charge in [-0.1, -0.05) is 35.9 Å². The topological polar surface area (TPSA) is 136 Å².